The van der Waals surface area contributed by atoms with E-state index in [9.17, 15) is 0 Å². The summed E-state index contributed by atoms with van der Waals surface area (Å²) in [5, 5.41) is 7.53. The molecule has 0 saturated carbocycles. The highest BCUT2D eigenvalue weighted by atomic mass is 79.9. The molecule has 21 heavy (non-hydrogen) atoms. The SMILES string of the molecule is CCOc1c(Br)cc(CNCc2ncn(C)n2)cc1OC. The number of nitrogens with zero attached hydrogens (tertiary/aromatic N) is 3. The van der Waals surface area contributed by atoms with Gasteiger partial charge >= 0.3 is 0 Å². The molecule has 2 aromatic rings. The predicted molar refractivity (Wildman–Crippen MR) is 83.4 cm³/mol. The highest BCUT2D eigenvalue weighted by Crippen LogP contribution is 2.36. The summed E-state index contributed by atoms with van der Waals surface area (Å²) in [7, 11) is 3.49. The van der Waals surface area contributed by atoms with Gasteiger partial charge in [0, 0.05) is 13.6 Å². The number of rotatable bonds is 7. The first-order chi connectivity index (χ1) is 10.1. The van der Waals surface area contributed by atoms with Crippen molar-refractivity contribution in [1.29, 1.82) is 0 Å². The van der Waals surface area contributed by atoms with Gasteiger partial charge in [-0.15, -0.1) is 0 Å². The van der Waals surface area contributed by atoms with E-state index in [1.807, 2.05) is 26.1 Å². The molecule has 0 amide bonds. The zero-order valence-corrected chi connectivity index (χ0v) is 14.0. The normalized spacial score (nSPS) is 10.7. The van der Waals surface area contributed by atoms with Crippen LogP contribution in [0.1, 0.15) is 18.3 Å². The molecule has 1 aromatic heterocycles. The third-order valence-corrected chi connectivity index (χ3v) is 3.43. The molecule has 0 atom stereocenters. The number of hydrogen-bond acceptors (Lipinski definition) is 5. The Balaban J connectivity index is 2.01. The lowest BCUT2D eigenvalue weighted by Crippen LogP contribution is -2.14. The van der Waals surface area contributed by atoms with Crippen LogP contribution in [0.3, 0.4) is 0 Å². The van der Waals surface area contributed by atoms with Gasteiger partial charge in [0.15, 0.2) is 17.3 Å². The lowest BCUT2D eigenvalue weighted by atomic mass is 10.2. The fourth-order valence-electron chi connectivity index (χ4n) is 1.94. The van der Waals surface area contributed by atoms with Gasteiger partial charge in [-0.3, -0.25) is 4.68 Å². The largest absolute Gasteiger partial charge is 0.493 e. The van der Waals surface area contributed by atoms with E-state index in [0.29, 0.717) is 19.7 Å². The van der Waals surface area contributed by atoms with E-state index in [4.69, 9.17) is 9.47 Å². The number of aryl methyl sites for hydroxylation is 1. The summed E-state index contributed by atoms with van der Waals surface area (Å²) in [5.74, 6) is 2.23. The Labute approximate surface area is 132 Å². The fourth-order valence-corrected chi connectivity index (χ4v) is 2.55. The van der Waals surface area contributed by atoms with Crippen molar-refractivity contribution in [2.75, 3.05) is 13.7 Å². The zero-order chi connectivity index (χ0) is 15.2. The Morgan fingerprint density at radius 3 is 2.76 bits per heavy atom. The van der Waals surface area contributed by atoms with Crippen LogP contribution in [0, 0.1) is 0 Å². The smallest absolute Gasteiger partial charge is 0.175 e. The maximum atomic E-state index is 5.58. The summed E-state index contributed by atoms with van der Waals surface area (Å²) in [6.07, 6.45) is 1.69. The topological polar surface area (TPSA) is 61.2 Å². The van der Waals surface area contributed by atoms with Crippen LogP contribution in [0.4, 0.5) is 0 Å². The summed E-state index contributed by atoms with van der Waals surface area (Å²) in [6, 6.07) is 3.99. The zero-order valence-electron chi connectivity index (χ0n) is 12.4. The van der Waals surface area contributed by atoms with Crippen molar-refractivity contribution < 1.29 is 9.47 Å². The summed E-state index contributed by atoms with van der Waals surface area (Å²) >= 11 is 3.52. The average Bonchev–Trinajstić information content (AvgIpc) is 2.87. The second-order valence-electron chi connectivity index (χ2n) is 4.48. The van der Waals surface area contributed by atoms with E-state index >= 15 is 0 Å². The molecule has 7 heteroatoms. The Kier molecular flexibility index (Phi) is 5.58. The molecule has 6 nitrogen and oxygen atoms in total. The van der Waals surface area contributed by atoms with Gasteiger partial charge in [-0.25, -0.2) is 4.98 Å². The summed E-state index contributed by atoms with van der Waals surface area (Å²) in [4.78, 5) is 4.17. The number of methoxy groups -OCH3 is 1. The quantitative estimate of drug-likeness (QED) is 0.826. The predicted octanol–water partition coefficient (Wildman–Crippen LogP) is 2.27. The molecule has 2 rings (SSSR count). The van der Waals surface area contributed by atoms with Crippen LogP contribution in [0.15, 0.2) is 22.9 Å². The van der Waals surface area contributed by atoms with Gasteiger partial charge in [0.2, 0.25) is 0 Å². The van der Waals surface area contributed by atoms with Gasteiger partial charge in [0.25, 0.3) is 0 Å². The molecule has 0 spiro atoms. The third kappa shape index (κ3) is 4.18. The van der Waals surface area contributed by atoms with Crippen molar-refractivity contribution in [3.63, 3.8) is 0 Å². The minimum absolute atomic E-state index is 0.595. The van der Waals surface area contributed by atoms with Crippen LogP contribution >= 0.6 is 15.9 Å². The van der Waals surface area contributed by atoms with E-state index in [1.54, 1.807) is 18.1 Å². The molecule has 0 unspecified atom stereocenters. The van der Waals surface area contributed by atoms with Crippen molar-refractivity contribution in [3.05, 3.63) is 34.3 Å². The number of benzene rings is 1. The van der Waals surface area contributed by atoms with Crippen molar-refractivity contribution in [1.82, 2.24) is 20.1 Å². The van der Waals surface area contributed by atoms with Crippen molar-refractivity contribution in [2.45, 2.75) is 20.0 Å². The van der Waals surface area contributed by atoms with E-state index < -0.39 is 0 Å². The van der Waals surface area contributed by atoms with Gasteiger partial charge in [0.1, 0.15) is 6.33 Å². The lowest BCUT2D eigenvalue weighted by molar-refractivity contribution is 0.308. The molecule has 114 valence electrons. The van der Waals surface area contributed by atoms with Gasteiger partial charge in [0.05, 0.1) is 24.7 Å². The monoisotopic (exact) mass is 354 g/mol. The van der Waals surface area contributed by atoms with Gasteiger partial charge in [-0.05, 0) is 40.5 Å². The number of aromatic nitrogens is 3. The number of halogens is 1. The van der Waals surface area contributed by atoms with Crippen molar-refractivity contribution in [2.24, 2.45) is 7.05 Å². The molecule has 0 aliphatic carbocycles. The van der Waals surface area contributed by atoms with Crippen LogP contribution in [0.2, 0.25) is 0 Å². The molecule has 1 heterocycles. The first-order valence-electron chi connectivity index (χ1n) is 6.68. The van der Waals surface area contributed by atoms with E-state index in [-0.39, 0.29) is 0 Å². The summed E-state index contributed by atoms with van der Waals surface area (Å²) in [5.41, 5.74) is 1.10. The van der Waals surface area contributed by atoms with Crippen LogP contribution in [0.25, 0.3) is 0 Å². The molecule has 0 aliphatic rings. The molecule has 0 saturated heterocycles. The standard InChI is InChI=1S/C14H19BrN4O2/c1-4-21-14-11(15)5-10(6-12(14)20-3)7-16-8-13-17-9-19(2)18-13/h5-6,9,16H,4,7-8H2,1-3H3. The average molecular weight is 355 g/mol. The first-order valence-corrected chi connectivity index (χ1v) is 7.47. The van der Waals surface area contributed by atoms with Crippen LogP contribution < -0.4 is 14.8 Å². The molecule has 0 radical (unpaired) electrons. The minimum Gasteiger partial charge on any atom is -0.493 e. The second kappa shape index (κ2) is 7.42. The molecule has 0 aliphatic heterocycles. The lowest BCUT2D eigenvalue weighted by Gasteiger charge is -2.13. The van der Waals surface area contributed by atoms with E-state index in [0.717, 1.165) is 27.4 Å². The minimum atomic E-state index is 0.595. The van der Waals surface area contributed by atoms with Gasteiger partial charge in [-0.2, -0.15) is 5.10 Å². The van der Waals surface area contributed by atoms with Crippen LogP contribution in [-0.2, 0) is 20.1 Å². The van der Waals surface area contributed by atoms with Gasteiger partial charge in [-0.1, -0.05) is 0 Å². The first kappa shape index (κ1) is 15.8. The van der Waals surface area contributed by atoms with Crippen LogP contribution in [0.5, 0.6) is 11.5 Å². The second-order valence-corrected chi connectivity index (χ2v) is 5.33. The number of ether oxygens (including phenoxy) is 2. The summed E-state index contributed by atoms with van der Waals surface area (Å²) in [6.45, 7) is 3.85. The molecule has 1 N–H and O–H groups in total. The number of nitrogens with one attached hydrogen (secondary N) is 1. The van der Waals surface area contributed by atoms with Crippen LogP contribution in [-0.4, -0.2) is 28.5 Å². The molecular weight excluding hydrogens is 336 g/mol. The highest BCUT2D eigenvalue weighted by molar-refractivity contribution is 9.10. The maximum Gasteiger partial charge on any atom is 0.175 e. The van der Waals surface area contributed by atoms with Crippen molar-refractivity contribution in [3.8, 4) is 11.5 Å². The van der Waals surface area contributed by atoms with Gasteiger partial charge < -0.3 is 14.8 Å². The Morgan fingerprint density at radius 2 is 2.14 bits per heavy atom. The third-order valence-electron chi connectivity index (χ3n) is 2.84. The Bertz CT molecular complexity index is 601. The Morgan fingerprint density at radius 1 is 1.33 bits per heavy atom. The molecule has 1 aromatic carbocycles. The molecule has 0 bridgehead atoms. The van der Waals surface area contributed by atoms with Crippen molar-refractivity contribution >= 4 is 15.9 Å². The summed E-state index contributed by atoms with van der Waals surface area (Å²) < 4.78 is 13.5. The Hall–Kier alpha value is -1.60. The van der Waals surface area contributed by atoms with E-state index in [2.05, 4.69) is 31.3 Å². The highest BCUT2D eigenvalue weighted by Gasteiger charge is 2.11. The fraction of sp³-hybridized carbons (Fsp3) is 0.429. The number of hydrogen-bond donors (Lipinski definition) is 1. The molecular formula is C14H19BrN4O2. The van der Waals surface area contributed by atoms with E-state index in [1.165, 1.54) is 0 Å². The maximum absolute atomic E-state index is 5.58. The molecule has 0 fully saturated rings.